The summed E-state index contributed by atoms with van der Waals surface area (Å²) in [6, 6.07) is 15.6. The van der Waals surface area contributed by atoms with Gasteiger partial charge < -0.3 is 14.4 Å². The Morgan fingerprint density at radius 1 is 1.16 bits per heavy atom. The summed E-state index contributed by atoms with van der Waals surface area (Å²) in [6.07, 6.45) is 3.50. The zero-order valence-electron chi connectivity index (χ0n) is 14.3. The van der Waals surface area contributed by atoms with Crippen molar-refractivity contribution in [2.45, 2.75) is 5.37 Å². The van der Waals surface area contributed by atoms with Crippen LogP contribution < -0.4 is 9.47 Å². The third-order valence-corrected chi connectivity index (χ3v) is 5.34. The molecule has 3 rings (SSSR count). The van der Waals surface area contributed by atoms with Crippen LogP contribution in [0.2, 0.25) is 0 Å². The van der Waals surface area contributed by atoms with Crippen LogP contribution in [-0.2, 0) is 4.79 Å². The summed E-state index contributed by atoms with van der Waals surface area (Å²) in [6.45, 7) is 0.725. The summed E-state index contributed by atoms with van der Waals surface area (Å²) in [7, 11) is 3.27. The van der Waals surface area contributed by atoms with Crippen LogP contribution in [-0.4, -0.2) is 37.3 Å². The van der Waals surface area contributed by atoms with Gasteiger partial charge in [-0.3, -0.25) is 4.79 Å². The van der Waals surface area contributed by atoms with E-state index in [-0.39, 0.29) is 11.3 Å². The van der Waals surface area contributed by atoms with Crippen molar-refractivity contribution in [1.82, 2.24) is 4.90 Å². The van der Waals surface area contributed by atoms with Gasteiger partial charge in [-0.05, 0) is 23.8 Å². The molecule has 1 atom stereocenters. The van der Waals surface area contributed by atoms with Crippen LogP contribution in [0, 0.1) is 0 Å². The summed E-state index contributed by atoms with van der Waals surface area (Å²) < 4.78 is 10.8. The molecule has 1 heterocycles. The molecule has 1 saturated heterocycles. The van der Waals surface area contributed by atoms with Crippen molar-refractivity contribution >= 4 is 23.7 Å². The largest absolute Gasteiger partial charge is 0.497 e. The van der Waals surface area contributed by atoms with E-state index in [9.17, 15) is 4.79 Å². The van der Waals surface area contributed by atoms with Gasteiger partial charge in [0.1, 0.15) is 16.9 Å². The first-order chi connectivity index (χ1) is 12.2. The quantitative estimate of drug-likeness (QED) is 0.760. The summed E-state index contributed by atoms with van der Waals surface area (Å²) in [4.78, 5) is 14.6. The molecule has 0 spiro atoms. The Bertz CT molecular complexity index is 761. The summed E-state index contributed by atoms with van der Waals surface area (Å²) in [5.41, 5.74) is 2.01. The second kappa shape index (κ2) is 8.12. The van der Waals surface area contributed by atoms with Crippen molar-refractivity contribution in [3.63, 3.8) is 0 Å². The zero-order chi connectivity index (χ0) is 17.6. The van der Waals surface area contributed by atoms with E-state index in [1.54, 1.807) is 32.1 Å². The lowest BCUT2D eigenvalue weighted by Gasteiger charge is -2.24. The molecule has 0 radical (unpaired) electrons. The molecule has 1 amide bonds. The second-order valence-corrected chi connectivity index (χ2v) is 6.79. The molecule has 0 unspecified atom stereocenters. The lowest BCUT2D eigenvalue weighted by Crippen LogP contribution is -2.28. The zero-order valence-corrected chi connectivity index (χ0v) is 15.2. The number of amides is 1. The Balaban J connectivity index is 1.81. The van der Waals surface area contributed by atoms with Gasteiger partial charge in [-0.25, -0.2) is 0 Å². The van der Waals surface area contributed by atoms with Crippen LogP contribution in [0.15, 0.2) is 54.6 Å². The minimum absolute atomic E-state index is 0.0109. The number of nitrogens with zero attached hydrogens (tertiary/aromatic N) is 1. The van der Waals surface area contributed by atoms with Crippen LogP contribution in [0.5, 0.6) is 11.5 Å². The van der Waals surface area contributed by atoms with Gasteiger partial charge in [0.15, 0.2) is 0 Å². The molecule has 0 aliphatic carbocycles. The monoisotopic (exact) mass is 355 g/mol. The maximum Gasteiger partial charge on any atom is 0.247 e. The van der Waals surface area contributed by atoms with Gasteiger partial charge in [-0.2, -0.15) is 0 Å². The molecule has 0 bridgehead atoms. The molecule has 0 N–H and O–H groups in total. The van der Waals surface area contributed by atoms with Gasteiger partial charge in [0.2, 0.25) is 5.91 Å². The van der Waals surface area contributed by atoms with E-state index in [1.165, 1.54) is 0 Å². The van der Waals surface area contributed by atoms with Gasteiger partial charge in [0, 0.05) is 30.0 Å². The van der Waals surface area contributed by atoms with Gasteiger partial charge in [-0.1, -0.05) is 30.3 Å². The first-order valence-electron chi connectivity index (χ1n) is 8.10. The van der Waals surface area contributed by atoms with Crippen molar-refractivity contribution in [2.75, 3.05) is 26.5 Å². The number of thioether (sulfide) groups is 1. The fourth-order valence-corrected chi connectivity index (χ4v) is 4.09. The number of carbonyl (C=O) groups is 1. The van der Waals surface area contributed by atoms with E-state index in [0.29, 0.717) is 0 Å². The number of hydrogen-bond acceptors (Lipinski definition) is 4. The summed E-state index contributed by atoms with van der Waals surface area (Å²) in [5.74, 6) is 2.40. The Morgan fingerprint density at radius 3 is 2.68 bits per heavy atom. The molecule has 1 aliphatic heterocycles. The molecule has 25 heavy (non-hydrogen) atoms. The number of benzene rings is 2. The highest BCUT2D eigenvalue weighted by Gasteiger charge is 2.31. The average Bonchev–Trinajstić information content (AvgIpc) is 3.16. The van der Waals surface area contributed by atoms with E-state index in [0.717, 1.165) is 34.9 Å². The Hall–Kier alpha value is -2.40. The topological polar surface area (TPSA) is 38.8 Å². The predicted octanol–water partition coefficient (Wildman–Crippen LogP) is 3.99. The number of hydrogen-bond donors (Lipinski definition) is 0. The van der Waals surface area contributed by atoms with Crippen LogP contribution in [0.1, 0.15) is 16.5 Å². The normalized spacial score (nSPS) is 17.0. The van der Waals surface area contributed by atoms with Crippen LogP contribution in [0.25, 0.3) is 6.08 Å². The Morgan fingerprint density at radius 2 is 1.96 bits per heavy atom. The second-order valence-electron chi connectivity index (χ2n) is 5.61. The fourth-order valence-electron chi connectivity index (χ4n) is 2.80. The molecule has 2 aromatic rings. The molecule has 2 aromatic carbocycles. The standard InChI is InChI=1S/C20H21NO3S/c1-23-16-9-10-17(18(14-16)24-2)20-21(12-13-25-20)19(22)11-8-15-6-4-3-5-7-15/h3-11,14,20H,12-13H2,1-2H3/b11-8+/t20-/m1/s1. The summed E-state index contributed by atoms with van der Waals surface area (Å²) in [5, 5.41) is -0.0474. The molecule has 1 fully saturated rings. The van der Waals surface area contributed by atoms with Crippen molar-refractivity contribution in [3.8, 4) is 11.5 Å². The maximum absolute atomic E-state index is 12.7. The first kappa shape index (κ1) is 17.4. The molecule has 4 nitrogen and oxygen atoms in total. The molecule has 5 heteroatoms. The minimum atomic E-state index is -0.0474. The number of carbonyl (C=O) groups excluding carboxylic acids is 1. The van der Waals surface area contributed by atoms with Gasteiger partial charge in [-0.15, -0.1) is 11.8 Å². The van der Waals surface area contributed by atoms with E-state index >= 15 is 0 Å². The maximum atomic E-state index is 12.7. The molecular weight excluding hydrogens is 334 g/mol. The molecule has 0 saturated carbocycles. The molecular formula is C20H21NO3S. The molecule has 0 aromatic heterocycles. The average molecular weight is 355 g/mol. The Kier molecular flexibility index (Phi) is 5.66. The highest BCUT2D eigenvalue weighted by Crippen LogP contribution is 2.43. The Labute approximate surface area is 152 Å². The highest BCUT2D eigenvalue weighted by atomic mass is 32.2. The van der Waals surface area contributed by atoms with Crippen LogP contribution in [0.3, 0.4) is 0 Å². The lowest BCUT2D eigenvalue weighted by molar-refractivity contribution is -0.126. The number of methoxy groups -OCH3 is 2. The van der Waals surface area contributed by atoms with Gasteiger partial charge in [0.05, 0.1) is 14.2 Å². The van der Waals surface area contributed by atoms with Crippen molar-refractivity contribution in [2.24, 2.45) is 0 Å². The number of rotatable bonds is 5. The lowest BCUT2D eigenvalue weighted by atomic mass is 10.1. The van der Waals surface area contributed by atoms with Gasteiger partial charge >= 0.3 is 0 Å². The molecule has 130 valence electrons. The number of ether oxygens (including phenoxy) is 2. The smallest absolute Gasteiger partial charge is 0.247 e. The van der Waals surface area contributed by atoms with Crippen molar-refractivity contribution < 1.29 is 14.3 Å². The van der Waals surface area contributed by atoms with Gasteiger partial charge in [0.25, 0.3) is 0 Å². The molecule has 1 aliphatic rings. The van der Waals surface area contributed by atoms with Crippen molar-refractivity contribution in [3.05, 3.63) is 65.7 Å². The van der Waals surface area contributed by atoms with Crippen LogP contribution in [0.4, 0.5) is 0 Å². The summed E-state index contributed by atoms with van der Waals surface area (Å²) >= 11 is 1.75. The highest BCUT2D eigenvalue weighted by molar-refractivity contribution is 7.99. The third-order valence-electron chi connectivity index (χ3n) is 4.10. The minimum Gasteiger partial charge on any atom is -0.497 e. The van der Waals surface area contributed by atoms with E-state index in [1.807, 2.05) is 59.5 Å². The first-order valence-corrected chi connectivity index (χ1v) is 9.15. The van der Waals surface area contributed by atoms with E-state index in [2.05, 4.69) is 0 Å². The SMILES string of the molecule is COc1ccc([C@H]2SCCN2C(=O)/C=C/c2ccccc2)c(OC)c1. The fraction of sp³-hybridized carbons (Fsp3) is 0.250. The van der Waals surface area contributed by atoms with Crippen LogP contribution >= 0.6 is 11.8 Å². The van der Waals surface area contributed by atoms with E-state index in [4.69, 9.17) is 9.47 Å². The third kappa shape index (κ3) is 3.99. The predicted molar refractivity (Wildman–Crippen MR) is 102 cm³/mol. The van der Waals surface area contributed by atoms with Crippen molar-refractivity contribution in [1.29, 1.82) is 0 Å². The van der Waals surface area contributed by atoms with E-state index < -0.39 is 0 Å².